The van der Waals surface area contributed by atoms with Gasteiger partial charge in [0.1, 0.15) is 17.9 Å². The number of hydrogen-bond donors (Lipinski definition) is 3. The molecule has 0 bridgehead atoms. The quantitative estimate of drug-likeness (QED) is 0.567. The summed E-state index contributed by atoms with van der Waals surface area (Å²) in [6.07, 6.45) is -0.0775. The van der Waals surface area contributed by atoms with E-state index in [0.717, 1.165) is 0 Å². The van der Waals surface area contributed by atoms with Gasteiger partial charge in [-0.2, -0.15) is 0 Å². The minimum Gasteiger partial charge on any atom is -0.389 e. The molecule has 6 unspecified atom stereocenters. The summed E-state index contributed by atoms with van der Waals surface area (Å²) in [4.78, 5) is 0. The van der Waals surface area contributed by atoms with Crippen molar-refractivity contribution in [1.29, 1.82) is 0 Å². The van der Waals surface area contributed by atoms with E-state index in [1.807, 2.05) is 41.5 Å². The van der Waals surface area contributed by atoms with Gasteiger partial charge in [-0.25, -0.2) is 8.78 Å². The lowest BCUT2D eigenvalue weighted by Crippen LogP contribution is -2.39. The van der Waals surface area contributed by atoms with Crippen LogP contribution in [-0.4, -0.2) is 44.5 Å². The molecule has 0 amide bonds. The standard InChI is InChI=1S/C8H13FO.C8H14O.C7H13FO/c1-7(2,3)8(10)4-5(8)6(4)9;1-7(2,3)8(9)5-4-6(5)8;1-6(2,3)7(9)4-5(7)8/h4-6,10H,1-3H3;5-6,9H,4H2,1-3H3;5,9H,4H2,1-3H3. The monoisotopic (exact) mass is 402 g/mol. The number of fused-ring (bicyclic) bond motifs is 2. The first-order valence-electron chi connectivity index (χ1n) is 10.7. The van der Waals surface area contributed by atoms with Crippen LogP contribution in [0.4, 0.5) is 8.78 Å². The molecule has 0 spiro atoms. The molecular weight excluding hydrogens is 362 g/mol. The highest BCUT2D eigenvalue weighted by Gasteiger charge is 2.88. The van der Waals surface area contributed by atoms with Crippen LogP contribution in [0.2, 0.25) is 0 Å². The molecule has 5 rings (SSSR count). The number of rotatable bonds is 0. The summed E-state index contributed by atoms with van der Waals surface area (Å²) in [7, 11) is 0. The van der Waals surface area contributed by atoms with Gasteiger partial charge in [0.25, 0.3) is 0 Å². The van der Waals surface area contributed by atoms with E-state index in [4.69, 9.17) is 0 Å². The Bertz CT molecular complexity index is 604. The fraction of sp³-hybridized carbons (Fsp3) is 1.00. The maximum absolute atomic E-state index is 12.4. The van der Waals surface area contributed by atoms with Gasteiger partial charge in [0.15, 0.2) is 0 Å². The third-order valence-electron chi connectivity index (χ3n) is 8.20. The first-order chi connectivity index (χ1) is 12.3. The van der Waals surface area contributed by atoms with Crippen LogP contribution in [-0.2, 0) is 0 Å². The maximum Gasteiger partial charge on any atom is 0.132 e. The second-order valence-corrected chi connectivity index (χ2v) is 12.9. The Morgan fingerprint density at radius 1 is 0.679 bits per heavy atom. The van der Waals surface area contributed by atoms with Crippen molar-refractivity contribution in [3.8, 4) is 0 Å². The lowest BCUT2D eigenvalue weighted by atomic mass is 9.80. The minimum atomic E-state index is -1.02. The SMILES string of the molecule is CC(C)(C)C1(O)C2C(F)C21.CC(C)(C)C1(O)C2CC21.CC(C)(C)C1(O)CC1F. The van der Waals surface area contributed by atoms with Crippen LogP contribution in [0.1, 0.15) is 75.2 Å². The molecule has 0 radical (unpaired) electrons. The highest BCUT2D eigenvalue weighted by atomic mass is 19.1. The molecule has 0 aromatic rings. The molecular formula is C23H40F2O3. The largest absolute Gasteiger partial charge is 0.389 e. The molecule has 5 fully saturated rings. The number of halogens is 2. The van der Waals surface area contributed by atoms with Gasteiger partial charge in [-0.1, -0.05) is 62.3 Å². The Kier molecular flexibility index (Phi) is 4.57. The Morgan fingerprint density at radius 3 is 1.07 bits per heavy atom. The zero-order valence-corrected chi connectivity index (χ0v) is 19.0. The van der Waals surface area contributed by atoms with Gasteiger partial charge in [0, 0.05) is 18.3 Å². The first kappa shape index (κ1) is 22.4. The van der Waals surface area contributed by atoms with Crippen LogP contribution >= 0.6 is 0 Å². The van der Waals surface area contributed by atoms with Crippen molar-refractivity contribution in [2.75, 3.05) is 0 Å². The molecule has 0 heterocycles. The second-order valence-electron chi connectivity index (χ2n) is 12.9. The van der Waals surface area contributed by atoms with E-state index in [1.165, 1.54) is 6.42 Å². The van der Waals surface area contributed by atoms with Gasteiger partial charge in [-0.3, -0.25) is 0 Å². The predicted octanol–water partition coefficient (Wildman–Crippen LogP) is 4.28. The van der Waals surface area contributed by atoms with E-state index in [1.54, 1.807) is 0 Å². The fourth-order valence-corrected chi connectivity index (χ4v) is 5.09. The van der Waals surface area contributed by atoms with E-state index in [-0.39, 0.29) is 33.7 Å². The summed E-state index contributed by atoms with van der Waals surface area (Å²) in [5.41, 5.74) is -2.25. The molecule has 5 heteroatoms. The molecule has 164 valence electrons. The van der Waals surface area contributed by atoms with Crippen molar-refractivity contribution in [3.05, 3.63) is 0 Å². The summed E-state index contributed by atoms with van der Waals surface area (Å²) in [6.45, 7) is 17.8. The molecule has 5 saturated carbocycles. The molecule has 3 nitrogen and oxygen atoms in total. The van der Waals surface area contributed by atoms with Crippen LogP contribution in [0.15, 0.2) is 0 Å². The first-order valence-corrected chi connectivity index (χ1v) is 10.7. The lowest BCUT2D eigenvalue weighted by Gasteiger charge is -2.32. The Labute approximate surface area is 168 Å². The lowest BCUT2D eigenvalue weighted by molar-refractivity contribution is -0.0354. The zero-order valence-electron chi connectivity index (χ0n) is 19.0. The molecule has 0 aromatic carbocycles. The van der Waals surface area contributed by atoms with Crippen LogP contribution in [0.25, 0.3) is 0 Å². The van der Waals surface area contributed by atoms with Gasteiger partial charge in [-0.05, 0) is 34.5 Å². The van der Waals surface area contributed by atoms with Gasteiger partial charge in [-0.15, -0.1) is 0 Å². The van der Waals surface area contributed by atoms with Gasteiger partial charge >= 0.3 is 0 Å². The predicted molar refractivity (Wildman–Crippen MR) is 106 cm³/mol. The van der Waals surface area contributed by atoms with E-state index in [2.05, 4.69) is 20.8 Å². The van der Waals surface area contributed by atoms with Crippen molar-refractivity contribution < 1.29 is 24.1 Å². The van der Waals surface area contributed by atoms with E-state index in [9.17, 15) is 24.1 Å². The van der Waals surface area contributed by atoms with Gasteiger partial charge < -0.3 is 15.3 Å². The van der Waals surface area contributed by atoms with Gasteiger partial charge in [0.2, 0.25) is 0 Å². The normalized spacial score (nSPS) is 52.1. The molecule has 28 heavy (non-hydrogen) atoms. The van der Waals surface area contributed by atoms with Crippen molar-refractivity contribution in [2.45, 2.75) is 104 Å². The minimum absolute atomic E-state index is 0.0208. The molecule has 6 atom stereocenters. The van der Waals surface area contributed by atoms with Crippen LogP contribution < -0.4 is 0 Å². The molecule has 0 aliphatic heterocycles. The highest BCUT2D eigenvalue weighted by molar-refractivity contribution is 5.35. The zero-order chi connectivity index (χ0) is 21.9. The van der Waals surface area contributed by atoms with E-state index >= 15 is 0 Å². The summed E-state index contributed by atoms with van der Waals surface area (Å²) in [5, 5.41) is 28.9. The molecule has 5 aliphatic carbocycles. The summed E-state index contributed by atoms with van der Waals surface area (Å²) in [6, 6.07) is 0. The van der Waals surface area contributed by atoms with Crippen molar-refractivity contribution in [2.24, 2.45) is 39.9 Å². The Hall–Kier alpha value is -0.260. The van der Waals surface area contributed by atoms with Crippen molar-refractivity contribution in [3.63, 3.8) is 0 Å². The Morgan fingerprint density at radius 2 is 1.04 bits per heavy atom. The van der Waals surface area contributed by atoms with Crippen molar-refractivity contribution >= 4 is 0 Å². The number of aliphatic hydroxyl groups is 3. The highest BCUT2D eigenvalue weighted by Crippen LogP contribution is 2.78. The molecule has 0 aromatic heterocycles. The molecule has 0 saturated heterocycles. The second kappa shape index (κ2) is 5.70. The third-order valence-corrected chi connectivity index (χ3v) is 8.20. The van der Waals surface area contributed by atoms with E-state index in [0.29, 0.717) is 18.3 Å². The molecule has 3 N–H and O–H groups in total. The third kappa shape index (κ3) is 3.06. The number of hydrogen-bond acceptors (Lipinski definition) is 3. The fourth-order valence-electron chi connectivity index (χ4n) is 5.09. The van der Waals surface area contributed by atoms with E-state index < -0.39 is 23.5 Å². The topological polar surface area (TPSA) is 60.7 Å². The smallest absolute Gasteiger partial charge is 0.132 e. The van der Waals surface area contributed by atoms with Crippen molar-refractivity contribution in [1.82, 2.24) is 0 Å². The summed E-state index contributed by atoms with van der Waals surface area (Å²) in [5.74, 6) is 1.31. The van der Waals surface area contributed by atoms with Gasteiger partial charge in [0.05, 0.1) is 11.2 Å². The number of alkyl halides is 2. The average Bonchev–Trinajstić information content (AvgIpc) is 3.30. The maximum atomic E-state index is 12.4. The molecule has 5 aliphatic rings. The summed E-state index contributed by atoms with van der Waals surface area (Å²) < 4.78 is 24.8. The Balaban J connectivity index is 0.000000121. The van der Waals surface area contributed by atoms with Crippen LogP contribution in [0, 0.1) is 39.9 Å². The van der Waals surface area contributed by atoms with Crippen LogP contribution in [0.3, 0.4) is 0 Å². The summed E-state index contributed by atoms with van der Waals surface area (Å²) >= 11 is 0. The van der Waals surface area contributed by atoms with Crippen LogP contribution in [0.5, 0.6) is 0 Å². The average molecular weight is 403 g/mol.